The minimum absolute atomic E-state index is 0.170. The van der Waals surface area contributed by atoms with Crippen molar-refractivity contribution in [3.63, 3.8) is 0 Å². The van der Waals surface area contributed by atoms with Crippen molar-refractivity contribution in [2.75, 3.05) is 33.4 Å². The van der Waals surface area contributed by atoms with Gasteiger partial charge in [-0.05, 0) is 33.3 Å². The van der Waals surface area contributed by atoms with Gasteiger partial charge in [-0.2, -0.15) is 0 Å². The number of hydrogen-bond acceptors (Lipinski definition) is 7. The smallest absolute Gasteiger partial charge is 0.408 e. The van der Waals surface area contributed by atoms with Gasteiger partial charge in [-0.3, -0.25) is 14.8 Å². The number of aliphatic hydroxyl groups is 2. The highest BCUT2D eigenvalue weighted by Gasteiger charge is 2.40. The van der Waals surface area contributed by atoms with E-state index in [1.807, 2.05) is 25.7 Å². The molecule has 9 nitrogen and oxygen atoms in total. The van der Waals surface area contributed by atoms with Crippen LogP contribution < -0.4 is 4.74 Å². The van der Waals surface area contributed by atoms with Gasteiger partial charge in [-0.25, -0.2) is 9.78 Å². The number of aliphatic hydroxyl groups excluding tert-OH is 2. The summed E-state index contributed by atoms with van der Waals surface area (Å²) in [7, 11) is 1.53. The second-order valence-corrected chi connectivity index (χ2v) is 9.53. The molecule has 32 heavy (non-hydrogen) atoms. The summed E-state index contributed by atoms with van der Waals surface area (Å²) in [6.45, 7) is 6.59. The number of pyridine rings is 2. The van der Waals surface area contributed by atoms with Crippen LogP contribution in [0.5, 0.6) is 5.88 Å². The number of carboxylic acid groups (broad SMARTS) is 1. The topological polar surface area (TPSA) is 119 Å². The summed E-state index contributed by atoms with van der Waals surface area (Å²) < 4.78 is 5.23. The molecule has 0 aliphatic carbocycles. The molecule has 0 radical (unpaired) electrons. The first-order valence-corrected chi connectivity index (χ1v) is 11.0. The van der Waals surface area contributed by atoms with E-state index in [9.17, 15) is 20.1 Å². The molecule has 10 heteroatoms. The Balaban J connectivity index is 1.82. The zero-order chi connectivity index (χ0) is 23.6. The fourth-order valence-corrected chi connectivity index (χ4v) is 4.77. The van der Waals surface area contributed by atoms with Gasteiger partial charge in [0.25, 0.3) is 0 Å². The quantitative estimate of drug-likeness (QED) is 0.594. The van der Waals surface area contributed by atoms with E-state index in [1.165, 1.54) is 12.0 Å². The number of β-amino-alcohol motifs (C(OH)–C–C–N with tert-alkyl or cyclic N) is 1. The van der Waals surface area contributed by atoms with Gasteiger partial charge in [0.1, 0.15) is 0 Å². The van der Waals surface area contributed by atoms with Crippen LogP contribution in [-0.2, 0) is 0 Å². The third-order valence-corrected chi connectivity index (χ3v) is 6.19. The van der Waals surface area contributed by atoms with Crippen molar-refractivity contribution in [1.82, 2.24) is 19.8 Å². The number of amides is 1. The van der Waals surface area contributed by atoms with Crippen molar-refractivity contribution in [1.29, 1.82) is 0 Å². The highest BCUT2D eigenvalue weighted by molar-refractivity contribution is 6.32. The number of ether oxygens (including phenoxy) is 1. The van der Waals surface area contributed by atoms with Crippen LogP contribution in [0.15, 0.2) is 18.3 Å². The first-order chi connectivity index (χ1) is 15.1. The van der Waals surface area contributed by atoms with Crippen LogP contribution in [0.3, 0.4) is 0 Å². The number of rotatable bonds is 6. The lowest BCUT2D eigenvalue weighted by Crippen LogP contribution is -2.61. The lowest BCUT2D eigenvalue weighted by atomic mass is 9.93. The SMILES string of the molecule is COc1ccc2ncc(Cl)c(C(CO)CN3CC[C@H](N(C(=O)O)C(C)(C)C)[C@H](O)C3)c2n1. The summed E-state index contributed by atoms with van der Waals surface area (Å²) in [5.41, 5.74) is 1.26. The van der Waals surface area contributed by atoms with Crippen molar-refractivity contribution in [3.8, 4) is 5.88 Å². The molecule has 1 fully saturated rings. The van der Waals surface area contributed by atoms with E-state index < -0.39 is 23.8 Å². The fraction of sp³-hybridized carbons (Fsp3) is 0.591. The van der Waals surface area contributed by atoms with E-state index in [2.05, 4.69) is 9.97 Å². The molecule has 3 rings (SSSR count). The minimum Gasteiger partial charge on any atom is -0.481 e. The maximum absolute atomic E-state index is 11.8. The van der Waals surface area contributed by atoms with E-state index in [-0.39, 0.29) is 12.5 Å². The molecule has 1 amide bonds. The zero-order valence-corrected chi connectivity index (χ0v) is 19.6. The summed E-state index contributed by atoms with van der Waals surface area (Å²) in [5, 5.41) is 31.1. The number of halogens is 1. The van der Waals surface area contributed by atoms with Crippen LogP contribution in [-0.4, -0.2) is 92.2 Å². The molecule has 1 saturated heterocycles. The molecular weight excluding hydrogens is 436 g/mol. The van der Waals surface area contributed by atoms with Gasteiger partial charge in [0.2, 0.25) is 5.88 Å². The molecule has 2 aromatic rings. The molecule has 2 aromatic heterocycles. The maximum atomic E-state index is 11.8. The van der Waals surface area contributed by atoms with Crippen LogP contribution >= 0.6 is 11.6 Å². The fourth-order valence-electron chi connectivity index (χ4n) is 4.48. The van der Waals surface area contributed by atoms with Crippen LogP contribution in [0.2, 0.25) is 5.02 Å². The highest BCUT2D eigenvalue weighted by atomic mass is 35.5. The van der Waals surface area contributed by atoms with Crippen LogP contribution in [0.1, 0.15) is 38.7 Å². The molecule has 1 unspecified atom stereocenters. The van der Waals surface area contributed by atoms with Gasteiger partial charge in [-0.1, -0.05) is 11.6 Å². The molecule has 1 aliphatic rings. The number of piperidine rings is 1. The second-order valence-electron chi connectivity index (χ2n) is 9.13. The number of hydrogen-bond donors (Lipinski definition) is 3. The molecule has 0 saturated carbocycles. The zero-order valence-electron chi connectivity index (χ0n) is 18.8. The number of fused-ring (bicyclic) bond motifs is 1. The summed E-state index contributed by atoms with van der Waals surface area (Å²) in [4.78, 5) is 24.0. The molecule has 0 bridgehead atoms. The van der Waals surface area contributed by atoms with Crippen molar-refractivity contribution >= 4 is 28.7 Å². The molecule has 3 heterocycles. The van der Waals surface area contributed by atoms with Gasteiger partial charge < -0.3 is 20.1 Å². The molecule has 0 aromatic carbocycles. The minimum atomic E-state index is -1.04. The van der Waals surface area contributed by atoms with E-state index in [0.717, 1.165) is 0 Å². The average molecular weight is 467 g/mol. The molecule has 1 aliphatic heterocycles. The summed E-state index contributed by atoms with van der Waals surface area (Å²) in [6, 6.07) is 3.01. The Morgan fingerprint density at radius 1 is 1.41 bits per heavy atom. The summed E-state index contributed by atoms with van der Waals surface area (Å²) in [6.07, 6.45) is 0.143. The number of nitrogens with zero attached hydrogens (tertiary/aromatic N) is 4. The largest absolute Gasteiger partial charge is 0.481 e. The molecule has 3 atom stereocenters. The van der Waals surface area contributed by atoms with Crippen molar-refractivity contribution in [3.05, 3.63) is 28.9 Å². The van der Waals surface area contributed by atoms with E-state index in [1.54, 1.807) is 18.3 Å². The summed E-state index contributed by atoms with van der Waals surface area (Å²) >= 11 is 6.47. The average Bonchev–Trinajstić information content (AvgIpc) is 2.72. The van der Waals surface area contributed by atoms with Crippen molar-refractivity contribution in [2.24, 2.45) is 0 Å². The second kappa shape index (κ2) is 9.74. The van der Waals surface area contributed by atoms with Crippen LogP contribution in [0.25, 0.3) is 11.0 Å². The van der Waals surface area contributed by atoms with Crippen molar-refractivity contribution in [2.45, 2.75) is 50.8 Å². The third kappa shape index (κ3) is 5.06. The normalized spacial score (nSPS) is 20.8. The van der Waals surface area contributed by atoms with Gasteiger partial charge in [0.15, 0.2) is 0 Å². The van der Waals surface area contributed by atoms with E-state index in [0.29, 0.717) is 53.6 Å². The van der Waals surface area contributed by atoms with Gasteiger partial charge in [0.05, 0.1) is 41.9 Å². The standard InChI is InChI=1S/C22H31ClN4O5/c1-22(2,3)27(21(30)31)16-7-8-26(11-17(16)29)10-13(12-28)19-14(23)9-24-15-5-6-18(32-4)25-20(15)19/h5-6,9,13,16-17,28-29H,7-8,10-12H2,1-4H3,(H,30,31)/t13?,16-,17+/m0/s1. The maximum Gasteiger partial charge on any atom is 0.408 e. The molecular formula is C22H31ClN4O5. The van der Waals surface area contributed by atoms with Gasteiger partial charge >= 0.3 is 6.09 Å². The van der Waals surface area contributed by atoms with Crippen molar-refractivity contribution < 1.29 is 24.9 Å². The Kier molecular flexibility index (Phi) is 7.44. The first kappa shape index (κ1) is 24.4. The number of carbonyl (C=O) groups is 1. The van der Waals surface area contributed by atoms with Gasteiger partial charge in [0, 0.05) is 48.9 Å². The summed E-state index contributed by atoms with van der Waals surface area (Å²) in [5.74, 6) is 0.0567. The third-order valence-electron chi connectivity index (χ3n) is 5.89. The van der Waals surface area contributed by atoms with Crippen LogP contribution in [0.4, 0.5) is 4.79 Å². The Hall–Kier alpha value is -2.20. The lowest BCUT2D eigenvalue weighted by molar-refractivity contribution is -0.0368. The van der Waals surface area contributed by atoms with Crippen LogP contribution in [0, 0.1) is 0 Å². The highest BCUT2D eigenvalue weighted by Crippen LogP contribution is 2.33. The van der Waals surface area contributed by atoms with E-state index >= 15 is 0 Å². The molecule has 0 spiro atoms. The monoisotopic (exact) mass is 466 g/mol. The number of aromatic nitrogens is 2. The lowest BCUT2D eigenvalue weighted by Gasteiger charge is -2.46. The Morgan fingerprint density at radius 3 is 2.69 bits per heavy atom. The molecule has 176 valence electrons. The number of likely N-dealkylation sites (tertiary alicyclic amines) is 1. The first-order valence-electron chi connectivity index (χ1n) is 10.6. The Morgan fingerprint density at radius 2 is 2.12 bits per heavy atom. The van der Waals surface area contributed by atoms with Gasteiger partial charge in [-0.15, -0.1) is 0 Å². The predicted molar refractivity (Wildman–Crippen MR) is 121 cm³/mol. The predicted octanol–water partition coefficient (Wildman–Crippen LogP) is 2.58. The molecule has 3 N–H and O–H groups in total. The Labute approximate surface area is 192 Å². The van der Waals surface area contributed by atoms with E-state index in [4.69, 9.17) is 16.3 Å². The Bertz CT molecular complexity index is 967. The number of methoxy groups -OCH3 is 1.